The van der Waals surface area contributed by atoms with E-state index in [2.05, 4.69) is 11.4 Å². The van der Waals surface area contributed by atoms with Crippen LogP contribution < -0.4 is 5.32 Å². The number of hydrogen-bond donors (Lipinski definition) is 2. The van der Waals surface area contributed by atoms with Crippen molar-refractivity contribution in [2.45, 2.75) is 20.3 Å². The fraction of sp³-hybridized carbons (Fsp3) is 0.474. The van der Waals surface area contributed by atoms with Gasteiger partial charge >= 0.3 is 5.97 Å². The minimum Gasteiger partial charge on any atom is -0.481 e. The molecule has 1 aromatic carbocycles. The maximum Gasteiger partial charge on any atom is 0.307 e. The second-order valence-electron chi connectivity index (χ2n) is 7.25. The topological polar surface area (TPSA) is 66.4 Å². The molecular weight excluding hydrogens is 290 g/mol. The van der Waals surface area contributed by atoms with Gasteiger partial charge in [0, 0.05) is 5.69 Å². The average molecular weight is 311 g/mol. The molecule has 0 spiro atoms. The number of allylic oxidation sites excluding steroid dienone is 2. The zero-order chi connectivity index (χ0) is 16.3. The zero-order valence-corrected chi connectivity index (χ0v) is 13.3. The lowest BCUT2D eigenvalue weighted by Crippen LogP contribution is -2.48. The van der Waals surface area contributed by atoms with Gasteiger partial charge in [-0.05, 0) is 55.1 Å². The number of anilines is 1. The molecule has 4 heteroatoms. The molecule has 2 saturated carbocycles. The predicted octanol–water partition coefficient (Wildman–Crippen LogP) is 3.01. The highest BCUT2D eigenvalue weighted by molar-refractivity contribution is 5.97. The molecule has 0 unspecified atom stereocenters. The lowest BCUT2D eigenvalue weighted by Gasteiger charge is -2.41. The SMILES string of the molecule is Cc1cccc(C)c1NC(=O)[C@@H]1[C@H]2C=C[C@@H]([C@@H]3C[C@@H]23)[C@H]1C(=O)O. The summed E-state index contributed by atoms with van der Waals surface area (Å²) >= 11 is 0. The van der Waals surface area contributed by atoms with E-state index < -0.39 is 17.8 Å². The first kappa shape index (κ1) is 14.5. The van der Waals surface area contributed by atoms with Crippen LogP contribution in [0.25, 0.3) is 0 Å². The van der Waals surface area contributed by atoms with Crippen molar-refractivity contribution in [1.29, 1.82) is 0 Å². The molecule has 120 valence electrons. The van der Waals surface area contributed by atoms with Crippen LogP contribution in [-0.2, 0) is 9.59 Å². The van der Waals surface area contributed by atoms with Crippen LogP contribution in [0.3, 0.4) is 0 Å². The van der Waals surface area contributed by atoms with Gasteiger partial charge in [0.15, 0.2) is 0 Å². The van der Waals surface area contributed by atoms with Crippen LogP contribution in [0.1, 0.15) is 17.5 Å². The van der Waals surface area contributed by atoms with E-state index in [1.54, 1.807) is 0 Å². The van der Waals surface area contributed by atoms with Crippen LogP contribution in [0.2, 0.25) is 0 Å². The van der Waals surface area contributed by atoms with Gasteiger partial charge in [-0.3, -0.25) is 9.59 Å². The summed E-state index contributed by atoms with van der Waals surface area (Å²) in [7, 11) is 0. The standard InChI is InChI=1S/C19H21NO3/c1-9-4-3-5-10(2)17(9)20-18(21)15-11-6-7-12(14-8-13(11)14)16(15)19(22)23/h3-7,11-16H,8H2,1-2H3,(H,20,21)(H,22,23)/t11-,12-,13-,14-,15+,16+/m0/s1. The van der Waals surface area contributed by atoms with Crippen LogP contribution in [0.5, 0.6) is 0 Å². The number of benzene rings is 1. The number of amides is 1. The van der Waals surface area contributed by atoms with Gasteiger partial charge in [-0.1, -0.05) is 30.4 Å². The van der Waals surface area contributed by atoms with Gasteiger partial charge in [-0.15, -0.1) is 0 Å². The van der Waals surface area contributed by atoms with E-state index in [0.717, 1.165) is 23.2 Å². The summed E-state index contributed by atoms with van der Waals surface area (Å²) < 4.78 is 0. The van der Waals surface area contributed by atoms with Gasteiger partial charge in [-0.25, -0.2) is 0 Å². The number of hydrogen-bond acceptors (Lipinski definition) is 2. The third kappa shape index (κ3) is 2.12. The summed E-state index contributed by atoms with van der Waals surface area (Å²) in [6, 6.07) is 5.88. The summed E-state index contributed by atoms with van der Waals surface area (Å²) in [6.45, 7) is 3.92. The van der Waals surface area contributed by atoms with E-state index in [1.165, 1.54) is 0 Å². The average Bonchev–Trinajstić information content (AvgIpc) is 3.32. The van der Waals surface area contributed by atoms with Crippen molar-refractivity contribution >= 4 is 17.6 Å². The molecule has 0 saturated heterocycles. The van der Waals surface area contributed by atoms with E-state index in [1.807, 2.05) is 38.1 Å². The molecule has 2 bridgehead atoms. The molecule has 23 heavy (non-hydrogen) atoms. The number of para-hydroxylation sites is 1. The third-order valence-corrected chi connectivity index (χ3v) is 5.97. The van der Waals surface area contributed by atoms with Gasteiger partial charge in [0.05, 0.1) is 11.8 Å². The highest BCUT2D eigenvalue weighted by atomic mass is 16.4. The van der Waals surface area contributed by atoms with Crippen LogP contribution in [0.4, 0.5) is 5.69 Å². The van der Waals surface area contributed by atoms with Gasteiger partial charge in [0.2, 0.25) is 5.91 Å². The van der Waals surface area contributed by atoms with E-state index in [9.17, 15) is 14.7 Å². The molecule has 5 rings (SSSR count). The Kier molecular flexibility index (Phi) is 3.12. The highest BCUT2D eigenvalue weighted by Crippen LogP contribution is 2.63. The summed E-state index contributed by atoms with van der Waals surface area (Å²) in [5.74, 6) is -0.921. The maximum atomic E-state index is 12.9. The fourth-order valence-electron chi connectivity index (χ4n) is 4.79. The van der Waals surface area contributed by atoms with Gasteiger partial charge in [-0.2, -0.15) is 0 Å². The second kappa shape index (κ2) is 4.95. The number of carboxylic acid groups (broad SMARTS) is 1. The van der Waals surface area contributed by atoms with Crippen molar-refractivity contribution < 1.29 is 14.7 Å². The van der Waals surface area contributed by atoms with Crippen molar-refractivity contribution in [2.75, 3.05) is 5.32 Å². The Hall–Kier alpha value is -2.10. The summed E-state index contributed by atoms with van der Waals surface area (Å²) in [5.41, 5.74) is 2.83. The molecule has 4 nitrogen and oxygen atoms in total. The lowest BCUT2D eigenvalue weighted by atomic mass is 9.62. The lowest BCUT2D eigenvalue weighted by molar-refractivity contribution is -0.152. The normalized spacial score (nSPS) is 36.4. The molecule has 2 N–H and O–H groups in total. The third-order valence-electron chi connectivity index (χ3n) is 5.97. The zero-order valence-electron chi connectivity index (χ0n) is 13.3. The number of fused-ring (bicyclic) bond motifs is 1. The second-order valence-corrected chi connectivity index (χ2v) is 7.25. The minimum atomic E-state index is -0.837. The molecule has 2 fully saturated rings. The Morgan fingerprint density at radius 2 is 1.61 bits per heavy atom. The van der Waals surface area contributed by atoms with Gasteiger partial charge in [0.1, 0.15) is 0 Å². The maximum absolute atomic E-state index is 12.9. The number of aliphatic carboxylic acids is 1. The molecule has 0 radical (unpaired) electrons. The van der Waals surface area contributed by atoms with Crippen LogP contribution >= 0.6 is 0 Å². The minimum absolute atomic E-state index is 0.0243. The van der Waals surface area contributed by atoms with Crippen LogP contribution in [-0.4, -0.2) is 17.0 Å². The quantitative estimate of drug-likeness (QED) is 0.843. The Balaban J connectivity index is 1.65. The molecule has 1 amide bonds. The van der Waals surface area contributed by atoms with E-state index in [4.69, 9.17) is 0 Å². The molecule has 0 aromatic heterocycles. The number of aryl methyl sites for hydroxylation is 2. The summed E-state index contributed by atoms with van der Waals surface area (Å²) in [6.07, 6.45) is 5.20. The monoisotopic (exact) mass is 311 g/mol. The predicted molar refractivity (Wildman–Crippen MR) is 86.9 cm³/mol. The highest BCUT2D eigenvalue weighted by Gasteiger charge is 2.62. The van der Waals surface area contributed by atoms with E-state index in [0.29, 0.717) is 11.8 Å². The summed E-state index contributed by atoms with van der Waals surface area (Å²) in [5, 5.41) is 12.7. The molecule has 6 atom stereocenters. The molecule has 0 aliphatic heterocycles. The smallest absolute Gasteiger partial charge is 0.307 e. The molecule has 4 aliphatic rings. The first-order chi connectivity index (χ1) is 11.0. The first-order valence-electron chi connectivity index (χ1n) is 8.27. The largest absolute Gasteiger partial charge is 0.481 e. The van der Waals surface area contributed by atoms with Gasteiger partial charge in [0.25, 0.3) is 0 Å². The first-order valence-corrected chi connectivity index (χ1v) is 8.27. The number of nitrogens with one attached hydrogen (secondary N) is 1. The van der Waals surface area contributed by atoms with E-state index >= 15 is 0 Å². The summed E-state index contributed by atoms with van der Waals surface area (Å²) in [4.78, 5) is 24.7. The Labute approximate surface area is 135 Å². The van der Waals surface area contributed by atoms with Crippen LogP contribution in [0, 0.1) is 49.4 Å². The Morgan fingerprint density at radius 3 is 2.17 bits per heavy atom. The molecule has 4 aliphatic carbocycles. The Bertz CT molecular complexity index is 703. The molecular formula is C19H21NO3. The van der Waals surface area contributed by atoms with Crippen molar-refractivity contribution in [3.05, 3.63) is 41.5 Å². The van der Waals surface area contributed by atoms with Crippen LogP contribution in [0.15, 0.2) is 30.4 Å². The van der Waals surface area contributed by atoms with Crippen molar-refractivity contribution in [2.24, 2.45) is 35.5 Å². The number of carbonyl (C=O) groups excluding carboxylic acids is 1. The van der Waals surface area contributed by atoms with Crippen molar-refractivity contribution in [3.63, 3.8) is 0 Å². The molecule has 0 heterocycles. The van der Waals surface area contributed by atoms with Crippen molar-refractivity contribution in [3.8, 4) is 0 Å². The number of carbonyl (C=O) groups is 2. The fourth-order valence-corrected chi connectivity index (χ4v) is 4.79. The van der Waals surface area contributed by atoms with Crippen molar-refractivity contribution in [1.82, 2.24) is 0 Å². The number of rotatable bonds is 3. The van der Waals surface area contributed by atoms with Gasteiger partial charge < -0.3 is 10.4 Å². The Morgan fingerprint density at radius 1 is 1.04 bits per heavy atom. The molecule has 1 aromatic rings. The number of carboxylic acids is 1. The van der Waals surface area contributed by atoms with E-state index in [-0.39, 0.29) is 17.7 Å².